The average molecular weight is 345 g/mol. The molecule has 1 fully saturated rings. The van der Waals surface area contributed by atoms with E-state index < -0.39 is 0 Å². The smallest absolute Gasteiger partial charge is 0.191 e. The topological polar surface area (TPSA) is 67.0 Å². The minimum atomic E-state index is 0.531. The van der Waals surface area contributed by atoms with Gasteiger partial charge in [-0.15, -0.1) is 11.3 Å². The van der Waals surface area contributed by atoms with Crippen molar-refractivity contribution < 1.29 is 4.74 Å². The number of rotatable bonds is 5. The van der Waals surface area contributed by atoms with Gasteiger partial charge in [0.2, 0.25) is 0 Å². The van der Waals surface area contributed by atoms with Gasteiger partial charge >= 0.3 is 0 Å². The highest BCUT2D eigenvalue weighted by Gasteiger charge is 2.19. The van der Waals surface area contributed by atoms with Gasteiger partial charge in [-0.05, 0) is 19.1 Å². The van der Waals surface area contributed by atoms with Gasteiger partial charge in [-0.1, -0.05) is 17.7 Å². The molecule has 1 aromatic heterocycles. The highest BCUT2D eigenvalue weighted by molar-refractivity contribution is 7.13. The second-order valence-electron chi connectivity index (χ2n) is 5.69. The molecule has 1 aliphatic rings. The fourth-order valence-corrected chi connectivity index (χ4v) is 3.25. The van der Waals surface area contributed by atoms with Crippen LogP contribution in [0.2, 0.25) is 0 Å². The summed E-state index contributed by atoms with van der Waals surface area (Å²) in [5.41, 5.74) is 7.32. The lowest BCUT2D eigenvalue weighted by molar-refractivity contribution is 0.326. The van der Waals surface area contributed by atoms with Gasteiger partial charge in [0.05, 0.1) is 6.54 Å². The van der Waals surface area contributed by atoms with Crippen LogP contribution in [-0.4, -0.2) is 55.2 Å². The van der Waals surface area contributed by atoms with Crippen molar-refractivity contribution in [2.75, 3.05) is 44.2 Å². The molecule has 2 N–H and O–H groups in total. The van der Waals surface area contributed by atoms with E-state index in [9.17, 15) is 0 Å². The van der Waals surface area contributed by atoms with Crippen molar-refractivity contribution in [3.05, 3.63) is 41.4 Å². The Morgan fingerprint density at radius 2 is 2.00 bits per heavy atom. The second kappa shape index (κ2) is 8.01. The number of guanidine groups is 1. The van der Waals surface area contributed by atoms with Crippen LogP contribution >= 0.6 is 11.3 Å². The number of hydrogen-bond acceptors (Lipinski definition) is 5. The van der Waals surface area contributed by atoms with Crippen molar-refractivity contribution in [2.45, 2.75) is 6.92 Å². The Kier molecular flexibility index (Phi) is 5.53. The summed E-state index contributed by atoms with van der Waals surface area (Å²) < 4.78 is 5.67. The van der Waals surface area contributed by atoms with Crippen LogP contribution in [0.1, 0.15) is 5.56 Å². The molecule has 0 atom stereocenters. The summed E-state index contributed by atoms with van der Waals surface area (Å²) in [6.45, 7) is 6.73. The Hall–Kier alpha value is -2.28. The van der Waals surface area contributed by atoms with Gasteiger partial charge in [-0.3, -0.25) is 0 Å². The number of thiazole rings is 1. The Bertz CT molecular complexity index is 648. The summed E-state index contributed by atoms with van der Waals surface area (Å²) >= 11 is 1.67. The molecule has 1 aliphatic heterocycles. The number of hydrogen-bond donors (Lipinski definition) is 1. The number of anilines is 1. The van der Waals surface area contributed by atoms with Crippen LogP contribution < -0.4 is 15.4 Å². The molecule has 1 saturated heterocycles. The number of aromatic nitrogens is 1. The van der Waals surface area contributed by atoms with Crippen molar-refractivity contribution in [1.29, 1.82) is 0 Å². The molecule has 0 aliphatic carbocycles. The molecule has 0 radical (unpaired) electrons. The summed E-state index contributed by atoms with van der Waals surface area (Å²) in [7, 11) is 0. The molecular formula is C17H23N5OS. The number of piperazine rings is 1. The fraction of sp³-hybridized carbons (Fsp3) is 0.412. The zero-order valence-corrected chi connectivity index (χ0v) is 14.7. The van der Waals surface area contributed by atoms with E-state index in [4.69, 9.17) is 10.5 Å². The Morgan fingerprint density at radius 3 is 2.67 bits per heavy atom. The largest absolute Gasteiger partial charge is 0.492 e. The number of nitrogens with zero attached hydrogens (tertiary/aromatic N) is 4. The summed E-state index contributed by atoms with van der Waals surface area (Å²) in [5, 5.41) is 3.09. The highest BCUT2D eigenvalue weighted by Crippen LogP contribution is 2.18. The molecule has 24 heavy (non-hydrogen) atoms. The zero-order chi connectivity index (χ0) is 16.8. The SMILES string of the molecule is Cc1ccc(OCCN=C(N)N2CCN(c3nccs3)CC2)cc1. The number of nitrogens with two attached hydrogens (primary N) is 1. The molecule has 3 rings (SSSR count). The predicted octanol–water partition coefficient (Wildman–Crippen LogP) is 1.97. The molecule has 1 aromatic carbocycles. The van der Waals surface area contributed by atoms with Crippen LogP contribution in [0.15, 0.2) is 40.8 Å². The third-order valence-corrected chi connectivity index (χ3v) is 4.78. The van der Waals surface area contributed by atoms with E-state index in [2.05, 4.69) is 26.7 Å². The fourth-order valence-electron chi connectivity index (χ4n) is 2.56. The number of aliphatic imine (C=N–C) groups is 1. The molecule has 0 bridgehead atoms. The van der Waals surface area contributed by atoms with Crippen LogP contribution in [-0.2, 0) is 0 Å². The van der Waals surface area contributed by atoms with Crippen LogP contribution in [0.4, 0.5) is 5.13 Å². The summed E-state index contributed by atoms with van der Waals surface area (Å²) in [5.74, 6) is 1.47. The van der Waals surface area contributed by atoms with Gasteiger partial charge in [0.1, 0.15) is 12.4 Å². The van der Waals surface area contributed by atoms with Gasteiger partial charge in [-0.2, -0.15) is 0 Å². The lowest BCUT2D eigenvalue weighted by Crippen LogP contribution is -2.51. The van der Waals surface area contributed by atoms with Crippen molar-refractivity contribution in [2.24, 2.45) is 10.7 Å². The first kappa shape index (κ1) is 16.6. The van der Waals surface area contributed by atoms with Crippen LogP contribution in [0, 0.1) is 6.92 Å². The van der Waals surface area contributed by atoms with E-state index in [-0.39, 0.29) is 0 Å². The first-order valence-electron chi connectivity index (χ1n) is 8.11. The molecule has 2 heterocycles. The number of aryl methyl sites for hydroxylation is 1. The molecule has 0 amide bonds. The normalized spacial score (nSPS) is 15.6. The quantitative estimate of drug-likeness (QED) is 0.510. The molecule has 6 nitrogen and oxygen atoms in total. The van der Waals surface area contributed by atoms with Crippen LogP contribution in [0.3, 0.4) is 0 Å². The second-order valence-corrected chi connectivity index (χ2v) is 6.56. The van der Waals surface area contributed by atoms with E-state index in [1.807, 2.05) is 35.8 Å². The summed E-state index contributed by atoms with van der Waals surface area (Å²) in [4.78, 5) is 13.2. The lowest BCUT2D eigenvalue weighted by atomic mass is 10.2. The first-order chi connectivity index (χ1) is 11.7. The van der Waals surface area contributed by atoms with Gasteiger partial charge < -0.3 is 20.3 Å². The summed E-state index contributed by atoms with van der Waals surface area (Å²) in [6, 6.07) is 8.02. The van der Waals surface area contributed by atoms with Gasteiger partial charge in [0.15, 0.2) is 11.1 Å². The molecule has 7 heteroatoms. The Balaban J connectivity index is 1.40. The van der Waals surface area contributed by atoms with Crippen LogP contribution in [0.25, 0.3) is 0 Å². The molecule has 0 unspecified atom stereocenters. The third-order valence-electron chi connectivity index (χ3n) is 3.95. The standard InChI is InChI=1S/C17H23N5OS/c1-14-2-4-15(5-3-14)23-12-6-19-16(18)21-8-10-22(11-9-21)17-20-7-13-24-17/h2-5,7,13H,6,8-12H2,1H3,(H2,18,19). The van der Waals surface area contributed by atoms with Crippen molar-refractivity contribution >= 4 is 22.4 Å². The van der Waals surface area contributed by atoms with Gasteiger partial charge in [0.25, 0.3) is 0 Å². The maximum atomic E-state index is 6.10. The van der Waals surface area contributed by atoms with E-state index >= 15 is 0 Å². The van der Waals surface area contributed by atoms with Gasteiger partial charge in [0, 0.05) is 37.8 Å². The molecule has 0 spiro atoms. The minimum Gasteiger partial charge on any atom is -0.492 e. The van der Waals surface area contributed by atoms with E-state index in [0.29, 0.717) is 19.1 Å². The van der Waals surface area contributed by atoms with E-state index in [0.717, 1.165) is 37.1 Å². The van der Waals surface area contributed by atoms with Crippen molar-refractivity contribution in [1.82, 2.24) is 9.88 Å². The lowest BCUT2D eigenvalue weighted by Gasteiger charge is -2.35. The number of ether oxygens (including phenoxy) is 1. The molecular weight excluding hydrogens is 322 g/mol. The predicted molar refractivity (Wildman–Crippen MR) is 99.1 cm³/mol. The monoisotopic (exact) mass is 345 g/mol. The van der Waals surface area contributed by atoms with E-state index in [1.165, 1.54) is 5.56 Å². The molecule has 128 valence electrons. The zero-order valence-electron chi connectivity index (χ0n) is 13.9. The Labute approximate surface area is 146 Å². The minimum absolute atomic E-state index is 0.531. The number of benzene rings is 1. The van der Waals surface area contributed by atoms with Crippen molar-refractivity contribution in [3.63, 3.8) is 0 Å². The summed E-state index contributed by atoms with van der Waals surface area (Å²) in [6.07, 6.45) is 1.84. The third kappa shape index (κ3) is 4.38. The average Bonchev–Trinajstić information content (AvgIpc) is 3.15. The maximum absolute atomic E-state index is 6.10. The Morgan fingerprint density at radius 1 is 1.25 bits per heavy atom. The van der Waals surface area contributed by atoms with Crippen LogP contribution in [0.5, 0.6) is 5.75 Å². The molecule has 0 saturated carbocycles. The molecule has 2 aromatic rings. The van der Waals surface area contributed by atoms with E-state index in [1.54, 1.807) is 11.3 Å². The van der Waals surface area contributed by atoms with Gasteiger partial charge in [-0.25, -0.2) is 9.98 Å². The maximum Gasteiger partial charge on any atom is 0.191 e. The van der Waals surface area contributed by atoms with Crippen molar-refractivity contribution in [3.8, 4) is 5.75 Å². The highest BCUT2D eigenvalue weighted by atomic mass is 32.1. The first-order valence-corrected chi connectivity index (χ1v) is 8.99.